The zero-order valence-electron chi connectivity index (χ0n) is 24.9. The Hall–Kier alpha value is -5.05. The van der Waals surface area contributed by atoms with Crippen LogP contribution in [0.1, 0.15) is 53.7 Å². The van der Waals surface area contributed by atoms with Crippen molar-refractivity contribution in [3.63, 3.8) is 0 Å². The van der Waals surface area contributed by atoms with Crippen LogP contribution in [-0.4, -0.2) is 69.6 Å². The van der Waals surface area contributed by atoms with E-state index in [4.69, 9.17) is 0 Å². The number of carboxylic acids is 1. The Bertz CT molecular complexity index is 1770. The average Bonchev–Trinajstić information content (AvgIpc) is 3.46. The van der Waals surface area contributed by atoms with E-state index in [1.807, 2.05) is 0 Å². The number of hydrogen-bond acceptors (Lipinski definition) is 8. The number of likely N-dealkylation sites (tertiary alicyclic amines) is 1. The molecule has 3 amide bonds. The van der Waals surface area contributed by atoms with Crippen LogP contribution in [0, 0.1) is 29.1 Å². The van der Waals surface area contributed by atoms with Crippen LogP contribution in [0.2, 0.25) is 0 Å². The Kier molecular flexibility index (Phi) is 12.2. The number of esters is 1. The first-order valence-electron chi connectivity index (χ1n) is 13.8. The summed E-state index contributed by atoms with van der Waals surface area (Å²) in [7, 11) is 0.970. The van der Waals surface area contributed by atoms with Crippen LogP contribution < -0.4 is 0 Å². The quantitative estimate of drug-likeness (QED) is 0.0787. The van der Waals surface area contributed by atoms with Gasteiger partial charge in [0.15, 0.2) is 29.3 Å². The van der Waals surface area contributed by atoms with Crippen molar-refractivity contribution in [1.29, 1.82) is 0 Å². The largest absolute Gasteiger partial charge is 0.621 e. The number of hydrogen-bond donors (Lipinski definition) is 1. The molecule has 3 atom stereocenters. The summed E-state index contributed by atoms with van der Waals surface area (Å²) in [5, 5.41) is 14.2. The summed E-state index contributed by atoms with van der Waals surface area (Å²) in [6.07, 6.45) is -0.504. The monoisotopic (exact) mass is 717 g/mol. The fourth-order valence-corrected chi connectivity index (χ4v) is 5.09. The number of pyridine rings is 1. The molecule has 1 fully saturated rings. The van der Waals surface area contributed by atoms with E-state index in [0.29, 0.717) is 4.90 Å². The van der Waals surface area contributed by atoms with Gasteiger partial charge in [-0.05, 0) is 31.0 Å². The van der Waals surface area contributed by atoms with Crippen molar-refractivity contribution in [2.45, 2.75) is 44.2 Å². The Morgan fingerprint density at radius 1 is 1.00 bits per heavy atom. The molecule has 4 rings (SSSR count). The molecular formula is C31H24F5N4NiO7-. The van der Waals surface area contributed by atoms with Gasteiger partial charge in [-0.3, -0.25) is 24.5 Å². The molecule has 0 aliphatic carbocycles. The van der Waals surface area contributed by atoms with Gasteiger partial charge in [0, 0.05) is 52.7 Å². The van der Waals surface area contributed by atoms with Gasteiger partial charge in [-0.25, -0.2) is 31.5 Å². The molecule has 0 unspecified atom stereocenters. The number of nitrogens with zero attached hydrogens (tertiary/aromatic N) is 4. The van der Waals surface area contributed by atoms with Gasteiger partial charge in [0.25, 0.3) is 0 Å². The molecule has 1 aliphatic heterocycles. The van der Waals surface area contributed by atoms with E-state index < -0.39 is 88.7 Å². The first-order valence-corrected chi connectivity index (χ1v) is 13.8. The van der Waals surface area contributed by atoms with Crippen LogP contribution in [0.5, 0.6) is 0 Å². The molecule has 1 saturated heterocycles. The number of ether oxygens (including phenoxy) is 1. The van der Waals surface area contributed by atoms with Gasteiger partial charge in [-0.1, -0.05) is 30.3 Å². The Morgan fingerprint density at radius 3 is 2.19 bits per heavy atom. The van der Waals surface area contributed by atoms with E-state index in [1.54, 1.807) is 6.07 Å². The number of aliphatic imine (C=N–C) groups is 1. The number of rotatable bonds is 10. The molecule has 0 spiro atoms. The Morgan fingerprint density at radius 2 is 1.60 bits per heavy atom. The maximum atomic E-state index is 15.2. The summed E-state index contributed by atoms with van der Waals surface area (Å²) in [5.41, 5.74) is -1.95. The maximum Gasteiger partial charge on any atom is 0.329 e. The zero-order chi connectivity index (χ0) is 34.6. The van der Waals surface area contributed by atoms with E-state index in [1.165, 1.54) is 49.5 Å². The van der Waals surface area contributed by atoms with Crippen molar-refractivity contribution in [3.8, 4) is 0 Å². The number of aromatic nitrogens is 1. The van der Waals surface area contributed by atoms with Crippen LogP contribution in [-0.2, 0) is 40.4 Å². The molecule has 2 heterocycles. The molecule has 0 saturated carbocycles. The van der Waals surface area contributed by atoms with Crippen LogP contribution in [0.4, 0.5) is 27.6 Å². The zero-order valence-corrected chi connectivity index (χ0v) is 25.9. The van der Waals surface area contributed by atoms with E-state index in [-0.39, 0.29) is 52.0 Å². The SMILES string of the molecule is COC(=O)[C@@H]1CCC(=O)N1C(=O)C[C@@H](c1c(F)c(F)c(F)c(F)c1F)[C@@H](N=C(C)c1ccccc1[N-]C(=O)c1ccccn1)C(=O)O.[Ni]. The second-order valence-electron chi connectivity index (χ2n) is 10.2. The molecule has 0 bridgehead atoms. The fourth-order valence-electron chi connectivity index (χ4n) is 5.09. The van der Waals surface area contributed by atoms with Crippen LogP contribution >= 0.6 is 0 Å². The van der Waals surface area contributed by atoms with Crippen molar-refractivity contribution in [2.75, 3.05) is 7.11 Å². The number of carbonyl (C=O) groups is 5. The van der Waals surface area contributed by atoms with Gasteiger partial charge < -0.3 is 20.0 Å². The third-order valence-corrected chi connectivity index (χ3v) is 7.33. The van der Waals surface area contributed by atoms with Crippen molar-refractivity contribution < 1.29 is 72.3 Å². The number of carboxylic acid groups (broad SMARTS) is 1. The van der Waals surface area contributed by atoms with Crippen LogP contribution in [0.15, 0.2) is 53.7 Å². The molecule has 1 aliphatic rings. The number of imide groups is 1. The minimum absolute atomic E-state index is 0. The third kappa shape index (κ3) is 7.57. The molecule has 1 aromatic heterocycles. The van der Waals surface area contributed by atoms with Gasteiger partial charge in [0.2, 0.25) is 17.6 Å². The second kappa shape index (κ2) is 15.7. The van der Waals surface area contributed by atoms with Crippen molar-refractivity contribution >= 4 is 41.1 Å². The number of methoxy groups -OCH3 is 1. The normalized spacial score (nSPS) is 15.7. The van der Waals surface area contributed by atoms with Gasteiger partial charge >= 0.3 is 11.9 Å². The van der Waals surface area contributed by atoms with Crippen molar-refractivity contribution in [2.24, 2.45) is 4.99 Å². The van der Waals surface area contributed by atoms with Crippen molar-refractivity contribution in [1.82, 2.24) is 9.88 Å². The van der Waals surface area contributed by atoms with Crippen LogP contribution in [0.3, 0.4) is 0 Å². The van der Waals surface area contributed by atoms with Crippen molar-refractivity contribution in [3.05, 3.63) is 99.9 Å². The molecule has 0 radical (unpaired) electrons. The third-order valence-electron chi connectivity index (χ3n) is 7.33. The van der Waals surface area contributed by atoms with E-state index in [9.17, 15) is 42.3 Å². The predicted octanol–water partition coefficient (Wildman–Crippen LogP) is 4.75. The Labute approximate surface area is 279 Å². The predicted molar refractivity (Wildman–Crippen MR) is 152 cm³/mol. The first-order chi connectivity index (χ1) is 22.3. The summed E-state index contributed by atoms with van der Waals surface area (Å²) in [6, 6.07) is 6.27. The maximum absolute atomic E-state index is 15.2. The molecule has 48 heavy (non-hydrogen) atoms. The molecule has 2 aromatic carbocycles. The number of para-hydroxylation sites is 1. The van der Waals surface area contributed by atoms with Gasteiger partial charge in [-0.2, -0.15) is 0 Å². The smallest absolute Gasteiger partial charge is 0.329 e. The molecule has 256 valence electrons. The fraction of sp³-hybridized carbons (Fsp3) is 0.258. The minimum Gasteiger partial charge on any atom is -0.621 e. The molecule has 1 N–H and O–H groups in total. The topological polar surface area (TPSA) is 157 Å². The standard InChI is InChI=1S/C31H25F5N4O7.Ni/c1-14(15-7-3-4-8-17(15)39-29(43)18-9-5-6-12-37-18)38-28(30(44)45)16(22-23(32)25(34)27(36)26(35)24(22)33)13-21(42)40-19(31(46)47-2)10-11-20(40)41;/h3-9,12,16,19,28H,10-11,13H2,1-2H3,(H2,38,39,43,44,45);/p-1/t16-,19-,28+;/m0./s1. The summed E-state index contributed by atoms with van der Waals surface area (Å²) < 4.78 is 77.7. The molecule has 3 aromatic rings. The average molecular weight is 718 g/mol. The minimum atomic E-state index is -2.53. The Balaban J connectivity index is 0.00000625. The summed E-state index contributed by atoms with van der Waals surface area (Å²) in [6.45, 7) is 1.23. The molecule has 11 nitrogen and oxygen atoms in total. The second-order valence-corrected chi connectivity index (χ2v) is 10.2. The summed E-state index contributed by atoms with van der Waals surface area (Å²) in [4.78, 5) is 71.8. The van der Waals surface area contributed by atoms with Gasteiger partial charge in [0.05, 0.1) is 12.8 Å². The first kappa shape index (κ1) is 37.4. The summed E-state index contributed by atoms with van der Waals surface area (Å²) in [5.74, 6) is -20.7. The van der Waals surface area contributed by atoms with E-state index in [0.717, 1.165) is 7.11 Å². The van der Waals surface area contributed by atoms with Crippen LogP contribution in [0.25, 0.3) is 5.32 Å². The van der Waals surface area contributed by atoms with Gasteiger partial charge in [-0.15, -0.1) is 5.69 Å². The number of aliphatic carboxylic acids is 1. The van der Waals surface area contributed by atoms with E-state index >= 15 is 8.78 Å². The van der Waals surface area contributed by atoms with E-state index in [2.05, 4.69) is 20.0 Å². The molecular weight excluding hydrogens is 694 g/mol. The number of carbonyl (C=O) groups excluding carboxylic acids is 4. The molecule has 17 heteroatoms. The number of amides is 3. The number of benzene rings is 2. The number of halogens is 5. The summed E-state index contributed by atoms with van der Waals surface area (Å²) >= 11 is 0. The van der Waals surface area contributed by atoms with Gasteiger partial charge in [0.1, 0.15) is 11.9 Å².